The molecule has 0 radical (unpaired) electrons. The molecular formula is C18H14FN5O3S. The van der Waals surface area contributed by atoms with Crippen LogP contribution in [0.25, 0.3) is 20.8 Å². The van der Waals surface area contributed by atoms with Crippen molar-refractivity contribution in [3.05, 3.63) is 58.8 Å². The summed E-state index contributed by atoms with van der Waals surface area (Å²) in [5.74, 6) is -0.483. The summed E-state index contributed by atoms with van der Waals surface area (Å²) in [6.45, 7) is 2.97. The monoisotopic (exact) mass is 399 g/mol. The number of rotatable bonds is 4. The van der Waals surface area contributed by atoms with Crippen LogP contribution in [0.4, 0.5) is 10.2 Å². The van der Waals surface area contributed by atoms with Crippen molar-refractivity contribution < 1.29 is 14.1 Å². The third kappa shape index (κ3) is 2.82. The van der Waals surface area contributed by atoms with Gasteiger partial charge in [-0.2, -0.15) is 0 Å². The highest BCUT2D eigenvalue weighted by Crippen LogP contribution is 2.34. The second-order valence-corrected chi connectivity index (χ2v) is 8.06. The van der Waals surface area contributed by atoms with Gasteiger partial charge in [0.15, 0.2) is 0 Å². The molecule has 0 spiro atoms. The molecule has 0 N–H and O–H groups in total. The average Bonchev–Trinajstić information content (AvgIpc) is 3.33. The Balaban J connectivity index is 1.35. The van der Waals surface area contributed by atoms with E-state index < -0.39 is 10.5 Å². The molecule has 4 heterocycles. The van der Waals surface area contributed by atoms with Gasteiger partial charge in [-0.3, -0.25) is 4.57 Å². The van der Waals surface area contributed by atoms with Gasteiger partial charge in [0.05, 0.1) is 23.3 Å². The van der Waals surface area contributed by atoms with E-state index in [2.05, 4.69) is 9.97 Å². The lowest BCUT2D eigenvalue weighted by Crippen LogP contribution is -2.36. The highest BCUT2D eigenvalue weighted by Gasteiger charge is 2.40. The minimum Gasteiger partial charge on any atom is -0.436 e. The van der Waals surface area contributed by atoms with E-state index in [-0.39, 0.29) is 17.6 Å². The second-order valence-electron chi connectivity index (χ2n) is 7.02. The Morgan fingerprint density at radius 2 is 2.07 bits per heavy atom. The van der Waals surface area contributed by atoms with Crippen LogP contribution < -0.4 is 4.74 Å². The molecule has 1 aromatic carbocycles. The zero-order valence-electron chi connectivity index (χ0n) is 14.7. The SMILES string of the molecule is CC1(Cn2cc3nc(-c4ccc(F)cc4)sc3c2)Cn2cc([N+](=O)[O-])nc2O1. The smallest absolute Gasteiger partial charge is 0.415 e. The lowest BCUT2D eigenvalue weighted by atomic mass is 10.1. The minimum absolute atomic E-state index is 0.212. The summed E-state index contributed by atoms with van der Waals surface area (Å²) in [7, 11) is 0. The summed E-state index contributed by atoms with van der Waals surface area (Å²) in [4.78, 5) is 18.8. The van der Waals surface area contributed by atoms with E-state index in [1.807, 2.05) is 23.9 Å². The van der Waals surface area contributed by atoms with Gasteiger partial charge in [0.2, 0.25) is 0 Å². The van der Waals surface area contributed by atoms with Gasteiger partial charge in [-0.05, 0) is 36.1 Å². The molecule has 0 saturated carbocycles. The van der Waals surface area contributed by atoms with Crippen molar-refractivity contribution in [2.75, 3.05) is 0 Å². The first-order valence-corrected chi connectivity index (χ1v) is 9.33. The normalized spacial score (nSPS) is 18.4. The molecule has 8 nitrogen and oxygen atoms in total. The summed E-state index contributed by atoms with van der Waals surface area (Å²) < 4.78 is 23.7. The van der Waals surface area contributed by atoms with Crippen LogP contribution in [0, 0.1) is 15.9 Å². The van der Waals surface area contributed by atoms with Crippen LogP contribution in [0.5, 0.6) is 6.01 Å². The quantitative estimate of drug-likeness (QED) is 0.384. The summed E-state index contributed by atoms with van der Waals surface area (Å²) in [5.41, 5.74) is 1.19. The number of benzene rings is 1. The van der Waals surface area contributed by atoms with Gasteiger partial charge in [-0.25, -0.2) is 9.37 Å². The molecule has 0 fully saturated rings. The topological polar surface area (TPSA) is 88.0 Å². The summed E-state index contributed by atoms with van der Waals surface area (Å²) >= 11 is 1.54. The van der Waals surface area contributed by atoms with Crippen LogP contribution in [0.1, 0.15) is 6.92 Å². The Kier molecular flexibility index (Phi) is 3.53. The first kappa shape index (κ1) is 16.9. The maximum Gasteiger partial charge on any atom is 0.415 e. The first-order valence-electron chi connectivity index (χ1n) is 8.51. The van der Waals surface area contributed by atoms with Gasteiger partial charge < -0.3 is 19.4 Å². The number of hydrogen-bond acceptors (Lipinski definition) is 6. The van der Waals surface area contributed by atoms with Gasteiger partial charge in [0.25, 0.3) is 0 Å². The average molecular weight is 399 g/mol. The van der Waals surface area contributed by atoms with Gasteiger partial charge >= 0.3 is 11.8 Å². The van der Waals surface area contributed by atoms with Crippen molar-refractivity contribution in [3.8, 4) is 16.6 Å². The maximum absolute atomic E-state index is 13.1. The molecule has 1 aliphatic heterocycles. The van der Waals surface area contributed by atoms with Crippen molar-refractivity contribution in [2.45, 2.75) is 25.6 Å². The Morgan fingerprint density at radius 3 is 2.75 bits per heavy atom. The molecule has 5 rings (SSSR count). The highest BCUT2D eigenvalue weighted by atomic mass is 32.1. The number of ether oxygens (including phenoxy) is 1. The Bertz CT molecular complexity index is 1150. The van der Waals surface area contributed by atoms with Gasteiger partial charge in [0, 0.05) is 22.9 Å². The van der Waals surface area contributed by atoms with Gasteiger partial charge in [-0.1, -0.05) is 0 Å². The van der Waals surface area contributed by atoms with E-state index in [9.17, 15) is 14.5 Å². The number of nitrogens with zero attached hydrogens (tertiary/aromatic N) is 5. The Labute approximate surface area is 162 Å². The Morgan fingerprint density at radius 1 is 1.29 bits per heavy atom. The second kappa shape index (κ2) is 5.86. The zero-order chi connectivity index (χ0) is 19.5. The van der Waals surface area contributed by atoms with E-state index in [1.165, 1.54) is 18.3 Å². The molecule has 1 atom stereocenters. The minimum atomic E-state index is -0.557. The van der Waals surface area contributed by atoms with Gasteiger partial charge in [0.1, 0.15) is 22.6 Å². The van der Waals surface area contributed by atoms with Crippen molar-refractivity contribution >= 4 is 27.4 Å². The molecule has 0 aliphatic carbocycles. The predicted molar refractivity (Wildman–Crippen MR) is 101 cm³/mol. The lowest BCUT2D eigenvalue weighted by Gasteiger charge is -2.22. The molecule has 0 saturated heterocycles. The number of aromatic nitrogens is 4. The van der Waals surface area contributed by atoms with E-state index in [4.69, 9.17) is 4.74 Å². The molecule has 4 aromatic rings. The van der Waals surface area contributed by atoms with Crippen molar-refractivity contribution in [1.82, 2.24) is 19.1 Å². The Hall–Kier alpha value is -3.27. The number of hydrogen-bond donors (Lipinski definition) is 0. The molecule has 142 valence electrons. The summed E-state index contributed by atoms with van der Waals surface area (Å²) in [6.07, 6.45) is 5.33. The van der Waals surface area contributed by atoms with Crippen LogP contribution >= 0.6 is 11.3 Å². The molecule has 10 heteroatoms. The third-order valence-corrected chi connectivity index (χ3v) is 5.67. The van der Waals surface area contributed by atoms with Crippen LogP contribution in [0.3, 0.4) is 0 Å². The van der Waals surface area contributed by atoms with E-state index in [0.717, 1.165) is 20.8 Å². The molecule has 1 aliphatic rings. The summed E-state index contributed by atoms with van der Waals surface area (Å²) in [6, 6.07) is 6.55. The fourth-order valence-electron chi connectivity index (χ4n) is 3.43. The molecular weight excluding hydrogens is 385 g/mol. The zero-order valence-corrected chi connectivity index (χ0v) is 15.5. The van der Waals surface area contributed by atoms with Crippen LogP contribution in [0.2, 0.25) is 0 Å². The number of imidazole rings is 1. The lowest BCUT2D eigenvalue weighted by molar-refractivity contribution is -0.389. The molecule has 3 aromatic heterocycles. The van der Waals surface area contributed by atoms with Gasteiger partial charge in [-0.15, -0.1) is 11.3 Å². The van der Waals surface area contributed by atoms with Crippen molar-refractivity contribution in [2.24, 2.45) is 0 Å². The number of thiazole rings is 1. The van der Waals surface area contributed by atoms with Crippen LogP contribution in [0.15, 0.2) is 42.9 Å². The largest absolute Gasteiger partial charge is 0.436 e. The fraction of sp³-hybridized carbons (Fsp3) is 0.222. The molecule has 28 heavy (non-hydrogen) atoms. The maximum atomic E-state index is 13.1. The van der Waals surface area contributed by atoms with E-state index in [1.54, 1.807) is 28.0 Å². The van der Waals surface area contributed by atoms with E-state index in [0.29, 0.717) is 13.1 Å². The number of fused-ring (bicyclic) bond motifs is 2. The first-order chi connectivity index (χ1) is 13.4. The number of halogens is 1. The molecule has 1 unspecified atom stereocenters. The van der Waals surface area contributed by atoms with Crippen molar-refractivity contribution in [3.63, 3.8) is 0 Å². The summed E-state index contributed by atoms with van der Waals surface area (Å²) in [5, 5.41) is 11.7. The molecule has 0 amide bonds. The number of nitro groups is 1. The standard InChI is InChI=1S/C18H14FN5O3S/c1-18(10-23-8-15(24(25)26)21-17(23)27-18)9-22-6-13-14(7-22)28-16(20-13)11-2-4-12(19)5-3-11/h2-8H,9-10H2,1H3. The predicted octanol–water partition coefficient (Wildman–Crippen LogP) is 3.86. The molecule has 0 bridgehead atoms. The third-order valence-electron chi connectivity index (χ3n) is 4.62. The highest BCUT2D eigenvalue weighted by molar-refractivity contribution is 7.21. The van der Waals surface area contributed by atoms with Crippen LogP contribution in [-0.4, -0.2) is 29.6 Å². The van der Waals surface area contributed by atoms with Crippen molar-refractivity contribution in [1.29, 1.82) is 0 Å². The van der Waals surface area contributed by atoms with E-state index >= 15 is 0 Å². The fourth-order valence-corrected chi connectivity index (χ4v) is 4.43. The van der Waals surface area contributed by atoms with Crippen LogP contribution in [-0.2, 0) is 13.1 Å².